The second-order valence-corrected chi connectivity index (χ2v) is 5.35. The van der Waals surface area contributed by atoms with Gasteiger partial charge in [-0.3, -0.25) is 0 Å². The zero-order chi connectivity index (χ0) is 13.6. The van der Waals surface area contributed by atoms with E-state index in [0.717, 1.165) is 42.1 Å². The molecule has 1 spiro atoms. The van der Waals surface area contributed by atoms with Gasteiger partial charge in [0, 0.05) is 12.0 Å². The van der Waals surface area contributed by atoms with Crippen molar-refractivity contribution in [3.05, 3.63) is 53.6 Å². The summed E-state index contributed by atoms with van der Waals surface area (Å²) in [6, 6.07) is 14.2. The number of hydrogen-bond acceptors (Lipinski definition) is 3. The number of methoxy groups -OCH3 is 1. The quantitative estimate of drug-likeness (QED) is 0.793. The van der Waals surface area contributed by atoms with E-state index in [1.165, 1.54) is 5.56 Å². The van der Waals surface area contributed by atoms with Crippen molar-refractivity contribution in [3.8, 4) is 17.2 Å². The molecule has 1 unspecified atom stereocenters. The molecule has 102 valence electrons. The van der Waals surface area contributed by atoms with Gasteiger partial charge in [-0.15, -0.1) is 0 Å². The number of para-hydroxylation sites is 2. The van der Waals surface area contributed by atoms with Crippen molar-refractivity contribution >= 4 is 0 Å². The van der Waals surface area contributed by atoms with Gasteiger partial charge in [0.25, 0.3) is 5.79 Å². The predicted octanol–water partition coefficient (Wildman–Crippen LogP) is 3.35. The number of aryl methyl sites for hydroxylation is 1. The highest BCUT2D eigenvalue weighted by atomic mass is 16.7. The van der Waals surface area contributed by atoms with Crippen LogP contribution >= 0.6 is 0 Å². The minimum Gasteiger partial charge on any atom is -0.493 e. The largest absolute Gasteiger partial charge is 0.493 e. The highest BCUT2D eigenvalue weighted by Crippen LogP contribution is 2.46. The molecule has 0 amide bonds. The van der Waals surface area contributed by atoms with Crippen molar-refractivity contribution in [1.82, 2.24) is 0 Å². The van der Waals surface area contributed by atoms with E-state index in [2.05, 4.69) is 12.1 Å². The molecule has 0 fully saturated rings. The van der Waals surface area contributed by atoms with Crippen LogP contribution in [0.5, 0.6) is 17.2 Å². The molecule has 0 N–H and O–H groups in total. The van der Waals surface area contributed by atoms with Crippen LogP contribution in [0.3, 0.4) is 0 Å². The van der Waals surface area contributed by atoms with Gasteiger partial charge in [-0.2, -0.15) is 0 Å². The van der Waals surface area contributed by atoms with Crippen LogP contribution in [0.2, 0.25) is 0 Å². The minimum atomic E-state index is -0.564. The van der Waals surface area contributed by atoms with Crippen LogP contribution in [0.25, 0.3) is 0 Å². The third-order valence-corrected chi connectivity index (χ3v) is 4.07. The molecular formula is C17H16O3. The van der Waals surface area contributed by atoms with E-state index in [4.69, 9.17) is 14.2 Å². The average molecular weight is 268 g/mol. The van der Waals surface area contributed by atoms with Crippen LogP contribution in [0.1, 0.15) is 17.5 Å². The molecule has 1 atom stereocenters. The summed E-state index contributed by atoms with van der Waals surface area (Å²) in [4.78, 5) is 0. The second kappa shape index (κ2) is 4.17. The van der Waals surface area contributed by atoms with Crippen LogP contribution in [0, 0.1) is 0 Å². The molecule has 0 saturated carbocycles. The lowest BCUT2D eigenvalue weighted by Crippen LogP contribution is -2.44. The summed E-state index contributed by atoms with van der Waals surface area (Å²) in [5.41, 5.74) is 2.41. The van der Waals surface area contributed by atoms with Crippen LogP contribution < -0.4 is 14.2 Å². The molecule has 0 radical (unpaired) electrons. The number of ether oxygens (including phenoxy) is 3. The standard InChI is InChI=1S/C17H16O3/c1-18-15-8-4-6-13-11-17(20-16(13)15)10-9-12-5-2-3-7-14(12)19-17/h2-8H,9-11H2,1H3. The number of fused-ring (bicyclic) bond motifs is 2. The highest BCUT2D eigenvalue weighted by molar-refractivity contribution is 5.50. The summed E-state index contributed by atoms with van der Waals surface area (Å²) in [5.74, 6) is 1.98. The molecule has 0 aromatic heterocycles. The van der Waals surface area contributed by atoms with Gasteiger partial charge in [-0.1, -0.05) is 30.3 Å². The van der Waals surface area contributed by atoms with E-state index in [1.54, 1.807) is 7.11 Å². The van der Waals surface area contributed by atoms with Gasteiger partial charge < -0.3 is 14.2 Å². The molecule has 20 heavy (non-hydrogen) atoms. The molecule has 2 aromatic rings. The van der Waals surface area contributed by atoms with Crippen molar-refractivity contribution in [3.63, 3.8) is 0 Å². The van der Waals surface area contributed by atoms with Crippen LogP contribution in [-0.4, -0.2) is 12.9 Å². The van der Waals surface area contributed by atoms with Gasteiger partial charge in [-0.05, 0) is 24.1 Å². The highest BCUT2D eigenvalue weighted by Gasteiger charge is 2.45. The van der Waals surface area contributed by atoms with Crippen LogP contribution in [-0.2, 0) is 12.8 Å². The fraction of sp³-hybridized carbons (Fsp3) is 0.294. The molecule has 2 aliphatic rings. The van der Waals surface area contributed by atoms with Crippen LogP contribution in [0.4, 0.5) is 0 Å². The van der Waals surface area contributed by atoms with E-state index < -0.39 is 5.79 Å². The summed E-state index contributed by atoms with van der Waals surface area (Å²) >= 11 is 0. The van der Waals surface area contributed by atoms with Crippen molar-refractivity contribution in [2.24, 2.45) is 0 Å². The lowest BCUT2D eigenvalue weighted by atomic mass is 9.96. The molecule has 3 heteroatoms. The Hall–Kier alpha value is -2.16. The first-order valence-electron chi connectivity index (χ1n) is 6.91. The third kappa shape index (κ3) is 1.66. The Balaban J connectivity index is 1.70. The summed E-state index contributed by atoms with van der Waals surface area (Å²) in [7, 11) is 1.67. The minimum absolute atomic E-state index is 0.564. The second-order valence-electron chi connectivity index (χ2n) is 5.35. The third-order valence-electron chi connectivity index (χ3n) is 4.07. The zero-order valence-corrected chi connectivity index (χ0v) is 11.4. The Kier molecular flexibility index (Phi) is 2.43. The van der Waals surface area contributed by atoms with Gasteiger partial charge in [0.2, 0.25) is 0 Å². The Morgan fingerprint density at radius 2 is 1.85 bits per heavy atom. The summed E-state index contributed by atoms with van der Waals surface area (Å²) in [6.45, 7) is 0. The van der Waals surface area contributed by atoms with E-state index in [0.29, 0.717) is 0 Å². The fourth-order valence-electron chi connectivity index (χ4n) is 3.07. The zero-order valence-electron chi connectivity index (χ0n) is 11.4. The van der Waals surface area contributed by atoms with Gasteiger partial charge in [0.05, 0.1) is 13.5 Å². The van der Waals surface area contributed by atoms with E-state index in [-0.39, 0.29) is 0 Å². The lowest BCUT2D eigenvalue weighted by Gasteiger charge is -2.34. The average Bonchev–Trinajstić information content (AvgIpc) is 2.84. The maximum absolute atomic E-state index is 6.18. The molecule has 0 aliphatic carbocycles. The maximum Gasteiger partial charge on any atom is 0.255 e. The molecular weight excluding hydrogens is 252 g/mol. The smallest absolute Gasteiger partial charge is 0.255 e. The molecule has 0 bridgehead atoms. The van der Waals surface area contributed by atoms with Crippen molar-refractivity contribution in [1.29, 1.82) is 0 Å². The molecule has 0 saturated heterocycles. The van der Waals surface area contributed by atoms with Gasteiger partial charge in [0.1, 0.15) is 5.75 Å². The number of rotatable bonds is 1. The van der Waals surface area contributed by atoms with Crippen LogP contribution in [0.15, 0.2) is 42.5 Å². The Morgan fingerprint density at radius 3 is 2.75 bits per heavy atom. The van der Waals surface area contributed by atoms with Gasteiger partial charge >= 0.3 is 0 Å². The lowest BCUT2D eigenvalue weighted by molar-refractivity contribution is -0.111. The predicted molar refractivity (Wildman–Crippen MR) is 75.4 cm³/mol. The molecule has 4 rings (SSSR count). The SMILES string of the molecule is COc1cccc2c1OC1(CCc3ccccc3O1)C2. The van der Waals surface area contributed by atoms with Crippen molar-refractivity contribution in [2.75, 3.05) is 7.11 Å². The fourth-order valence-corrected chi connectivity index (χ4v) is 3.07. The topological polar surface area (TPSA) is 27.7 Å². The Labute approximate surface area is 118 Å². The molecule has 3 nitrogen and oxygen atoms in total. The first kappa shape index (κ1) is 11.6. The van der Waals surface area contributed by atoms with Gasteiger partial charge in [0.15, 0.2) is 11.5 Å². The maximum atomic E-state index is 6.18. The van der Waals surface area contributed by atoms with E-state index in [9.17, 15) is 0 Å². The van der Waals surface area contributed by atoms with Crippen molar-refractivity contribution in [2.45, 2.75) is 25.0 Å². The number of hydrogen-bond donors (Lipinski definition) is 0. The first-order valence-corrected chi connectivity index (χ1v) is 6.91. The summed E-state index contributed by atoms with van der Waals surface area (Å²) < 4.78 is 17.7. The molecule has 2 aliphatic heterocycles. The van der Waals surface area contributed by atoms with E-state index >= 15 is 0 Å². The van der Waals surface area contributed by atoms with Gasteiger partial charge in [-0.25, -0.2) is 0 Å². The summed E-state index contributed by atoms with van der Waals surface area (Å²) in [5, 5.41) is 0. The summed E-state index contributed by atoms with van der Waals surface area (Å²) in [6.07, 6.45) is 2.61. The first-order chi connectivity index (χ1) is 9.80. The van der Waals surface area contributed by atoms with E-state index in [1.807, 2.05) is 30.3 Å². The van der Waals surface area contributed by atoms with Crippen molar-refractivity contribution < 1.29 is 14.2 Å². The Bertz CT molecular complexity index is 665. The monoisotopic (exact) mass is 268 g/mol. The Morgan fingerprint density at radius 1 is 1.00 bits per heavy atom. The number of benzene rings is 2. The normalized spacial score (nSPS) is 22.6. The molecule has 2 aromatic carbocycles. The molecule has 2 heterocycles.